The van der Waals surface area contributed by atoms with Crippen molar-refractivity contribution in [2.24, 2.45) is 0 Å². The first-order valence-corrected chi connectivity index (χ1v) is 10.0. The second-order valence-electron chi connectivity index (χ2n) is 6.35. The maximum Gasteiger partial charge on any atom is 0.234 e. The molecule has 0 radical (unpaired) electrons. The van der Waals surface area contributed by atoms with Gasteiger partial charge in [0.1, 0.15) is 11.4 Å². The van der Waals surface area contributed by atoms with Gasteiger partial charge in [0, 0.05) is 27.2 Å². The molecule has 1 aromatic heterocycles. The zero-order valence-corrected chi connectivity index (χ0v) is 16.1. The summed E-state index contributed by atoms with van der Waals surface area (Å²) >= 11 is 7.20. The standard InChI is InChI=1S/C21H13ClN4OS/c22-13-6-3-7-14(10-13)23-17(27)11-28-21-24-19-15-8-1-4-12-5-2-9-16(18(12)15)20(19)25-26-21/h1-10H,11H2,(H,23,27). The molecule has 5 nitrogen and oxygen atoms in total. The predicted octanol–water partition coefficient (Wildman–Crippen LogP) is 5.06. The molecule has 1 aliphatic carbocycles. The van der Waals surface area contributed by atoms with E-state index in [1.807, 2.05) is 24.3 Å². The molecule has 3 aromatic carbocycles. The summed E-state index contributed by atoms with van der Waals surface area (Å²) in [7, 11) is 0. The van der Waals surface area contributed by atoms with Crippen LogP contribution in [0.15, 0.2) is 65.8 Å². The van der Waals surface area contributed by atoms with E-state index in [9.17, 15) is 4.79 Å². The van der Waals surface area contributed by atoms with Crippen molar-refractivity contribution in [3.05, 3.63) is 65.7 Å². The highest BCUT2D eigenvalue weighted by Crippen LogP contribution is 2.44. The molecule has 28 heavy (non-hydrogen) atoms. The summed E-state index contributed by atoms with van der Waals surface area (Å²) in [5.74, 6) is 0.0335. The highest BCUT2D eigenvalue weighted by atomic mass is 35.5. The molecule has 1 aliphatic rings. The summed E-state index contributed by atoms with van der Waals surface area (Å²) in [6.45, 7) is 0. The number of anilines is 1. The van der Waals surface area contributed by atoms with Gasteiger partial charge in [-0.2, -0.15) is 0 Å². The largest absolute Gasteiger partial charge is 0.325 e. The van der Waals surface area contributed by atoms with Crippen LogP contribution in [0, 0.1) is 0 Å². The van der Waals surface area contributed by atoms with Crippen molar-refractivity contribution in [1.29, 1.82) is 0 Å². The molecule has 1 heterocycles. The Bertz CT molecular complexity index is 1240. The van der Waals surface area contributed by atoms with E-state index in [0.29, 0.717) is 15.9 Å². The third-order valence-corrected chi connectivity index (χ3v) is 5.60. The van der Waals surface area contributed by atoms with Crippen molar-refractivity contribution in [3.63, 3.8) is 0 Å². The van der Waals surface area contributed by atoms with Crippen LogP contribution in [-0.2, 0) is 4.79 Å². The molecule has 0 atom stereocenters. The van der Waals surface area contributed by atoms with Gasteiger partial charge in [0.25, 0.3) is 0 Å². The van der Waals surface area contributed by atoms with Crippen LogP contribution in [0.25, 0.3) is 33.3 Å². The quantitative estimate of drug-likeness (QED) is 0.424. The molecule has 5 rings (SSSR count). The van der Waals surface area contributed by atoms with Gasteiger partial charge >= 0.3 is 0 Å². The monoisotopic (exact) mass is 404 g/mol. The summed E-state index contributed by atoms with van der Waals surface area (Å²) in [5, 5.41) is 14.8. The number of amides is 1. The topological polar surface area (TPSA) is 67.8 Å². The summed E-state index contributed by atoms with van der Waals surface area (Å²) < 4.78 is 0. The van der Waals surface area contributed by atoms with E-state index in [4.69, 9.17) is 11.6 Å². The normalized spacial score (nSPS) is 11.5. The molecule has 0 spiro atoms. The highest BCUT2D eigenvalue weighted by molar-refractivity contribution is 7.99. The Morgan fingerprint density at radius 2 is 1.71 bits per heavy atom. The molecular formula is C21H13ClN4OS. The average molecular weight is 405 g/mol. The maximum atomic E-state index is 12.2. The fourth-order valence-corrected chi connectivity index (χ4v) is 4.15. The Labute approximate surface area is 170 Å². The molecule has 7 heteroatoms. The minimum absolute atomic E-state index is 0.151. The molecule has 0 unspecified atom stereocenters. The predicted molar refractivity (Wildman–Crippen MR) is 113 cm³/mol. The lowest BCUT2D eigenvalue weighted by Gasteiger charge is -2.05. The van der Waals surface area contributed by atoms with Gasteiger partial charge in [-0.1, -0.05) is 65.8 Å². The second-order valence-corrected chi connectivity index (χ2v) is 7.73. The van der Waals surface area contributed by atoms with Crippen molar-refractivity contribution in [2.75, 3.05) is 11.1 Å². The minimum atomic E-state index is -0.151. The molecule has 0 aliphatic heterocycles. The summed E-state index contributed by atoms with van der Waals surface area (Å²) in [4.78, 5) is 16.9. The number of benzene rings is 3. The van der Waals surface area contributed by atoms with Crippen molar-refractivity contribution in [1.82, 2.24) is 15.2 Å². The SMILES string of the molecule is O=C(CSc1nnc2c(n1)-c1cccc3cccc-2c13)Nc1cccc(Cl)c1. The minimum Gasteiger partial charge on any atom is -0.325 e. The molecule has 0 saturated heterocycles. The molecule has 0 saturated carbocycles. The number of nitrogens with zero attached hydrogens (tertiary/aromatic N) is 3. The third-order valence-electron chi connectivity index (χ3n) is 4.52. The fraction of sp³-hybridized carbons (Fsp3) is 0.0476. The van der Waals surface area contributed by atoms with Crippen molar-refractivity contribution in [2.45, 2.75) is 5.16 Å². The molecule has 1 N–H and O–H groups in total. The lowest BCUT2D eigenvalue weighted by atomic mass is 10.0. The van der Waals surface area contributed by atoms with Crippen LogP contribution in [0.1, 0.15) is 0 Å². The van der Waals surface area contributed by atoms with Gasteiger partial charge in [-0.25, -0.2) is 4.98 Å². The number of thioether (sulfide) groups is 1. The van der Waals surface area contributed by atoms with Gasteiger partial charge in [-0.3, -0.25) is 4.79 Å². The Morgan fingerprint density at radius 3 is 2.50 bits per heavy atom. The third kappa shape index (κ3) is 3.00. The lowest BCUT2D eigenvalue weighted by molar-refractivity contribution is -0.113. The number of hydrogen-bond donors (Lipinski definition) is 1. The number of fused-ring (bicyclic) bond motifs is 3. The zero-order chi connectivity index (χ0) is 19.1. The Balaban J connectivity index is 1.37. The number of hydrogen-bond acceptors (Lipinski definition) is 5. The molecule has 0 fully saturated rings. The first-order valence-electron chi connectivity index (χ1n) is 8.64. The molecule has 0 bridgehead atoms. The highest BCUT2D eigenvalue weighted by Gasteiger charge is 2.24. The van der Waals surface area contributed by atoms with Crippen LogP contribution in [0.4, 0.5) is 5.69 Å². The first kappa shape index (κ1) is 17.2. The van der Waals surface area contributed by atoms with Crippen LogP contribution in [0.3, 0.4) is 0 Å². The van der Waals surface area contributed by atoms with Crippen LogP contribution in [-0.4, -0.2) is 26.8 Å². The smallest absolute Gasteiger partial charge is 0.234 e. The average Bonchev–Trinajstić information content (AvgIpc) is 3.02. The van der Waals surface area contributed by atoms with Crippen LogP contribution < -0.4 is 5.32 Å². The summed E-state index contributed by atoms with van der Waals surface area (Å²) in [6, 6.07) is 19.3. The van der Waals surface area contributed by atoms with E-state index < -0.39 is 0 Å². The van der Waals surface area contributed by atoms with Crippen LogP contribution in [0.5, 0.6) is 0 Å². The number of nitrogens with one attached hydrogen (secondary N) is 1. The number of aromatic nitrogens is 3. The van der Waals surface area contributed by atoms with E-state index in [0.717, 1.165) is 33.3 Å². The maximum absolute atomic E-state index is 12.2. The van der Waals surface area contributed by atoms with Crippen molar-refractivity contribution >= 4 is 45.7 Å². The van der Waals surface area contributed by atoms with Gasteiger partial charge in [-0.05, 0) is 23.6 Å². The van der Waals surface area contributed by atoms with Crippen molar-refractivity contribution in [3.8, 4) is 22.5 Å². The van der Waals surface area contributed by atoms with Gasteiger partial charge in [0.15, 0.2) is 0 Å². The number of rotatable bonds is 4. The Kier molecular flexibility index (Phi) is 4.22. The van der Waals surface area contributed by atoms with E-state index in [1.54, 1.807) is 24.3 Å². The Morgan fingerprint density at radius 1 is 0.964 bits per heavy atom. The lowest BCUT2D eigenvalue weighted by Crippen LogP contribution is -2.14. The van der Waals surface area contributed by atoms with E-state index in [1.165, 1.54) is 11.8 Å². The zero-order valence-electron chi connectivity index (χ0n) is 14.5. The number of carbonyl (C=O) groups is 1. The van der Waals surface area contributed by atoms with Crippen LogP contribution in [0.2, 0.25) is 5.02 Å². The fourth-order valence-electron chi connectivity index (χ4n) is 3.37. The first-order chi connectivity index (χ1) is 13.7. The molecule has 4 aromatic rings. The number of halogens is 1. The second kappa shape index (κ2) is 6.89. The number of carbonyl (C=O) groups excluding carboxylic acids is 1. The van der Waals surface area contributed by atoms with Gasteiger partial charge in [-0.15, -0.1) is 10.2 Å². The molecular weight excluding hydrogens is 392 g/mol. The van der Waals surface area contributed by atoms with E-state index in [-0.39, 0.29) is 11.7 Å². The van der Waals surface area contributed by atoms with Gasteiger partial charge in [0.2, 0.25) is 11.1 Å². The van der Waals surface area contributed by atoms with E-state index in [2.05, 4.69) is 32.6 Å². The summed E-state index contributed by atoms with van der Waals surface area (Å²) in [6.07, 6.45) is 0. The van der Waals surface area contributed by atoms with Gasteiger partial charge < -0.3 is 5.32 Å². The Hall–Kier alpha value is -2.96. The van der Waals surface area contributed by atoms with E-state index >= 15 is 0 Å². The van der Waals surface area contributed by atoms with Gasteiger partial charge in [0.05, 0.1) is 5.75 Å². The van der Waals surface area contributed by atoms with Crippen LogP contribution >= 0.6 is 23.4 Å². The molecule has 136 valence electrons. The summed E-state index contributed by atoms with van der Waals surface area (Å²) in [5.41, 5.74) is 4.38. The van der Waals surface area contributed by atoms with Crippen molar-refractivity contribution < 1.29 is 4.79 Å². The molecule has 1 amide bonds.